The summed E-state index contributed by atoms with van der Waals surface area (Å²) in [6, 6.07) is -0.401. The zero-order chi connectivity index (χ0) is 25.9. The number of aliphatic hydroxyl groups is 2. The molecule has 2 heterocycles. The summed E-state index contributed by atoms with van der Waals surface area (Å²) in [6.45, 7) is 0.559. The molecule has 202 valence electrons. The van der Waals surface area contributed by atoms with E-state index in [1.807, 2.05) is 18.4 Å². The molecule has 2 aliphatic heterocycles. The van der Waals surface area contributed by atoms with E-state index in [0.29, 0.717) is 37.9 Å². The van der Waals surface area contributed by atoms with Crippen molar-refractivity contribution in [2.75, 3.05) is 6.54 Å². The number of rotatable bonds is 6. The van der Waals surface area contributed by atoms with E-state index in [4.69, 9.17) is 4.74 Å². The van der Waals surface area contributed by atoms with Gasteiger partial charge in [-0.25, -0.2) is 9.18 Å². The molecule has 0 aromatic carbocycles. The molecule has 0 bridgehead atoms. The van der Waals surface area contributed by atoms with Crippen molar-refractivity contribution in [2.45, 2.75) is 87.9 Å². The third-order valence-corrected chi connectivity index (χ3v) is 7.38. The summed E-state index contributed by atoms with van der Waals surface area (Å²) in [6.07, 6.45) is 1.13. The summed E-state index contributed by atoms with van der Waals surface area (Å²) in [5, 5.41) is 30.6. The zero-order valence-electron chi connectivity index (χ0n) is 19.8. The molecule has 1 saturated heterocycles. The summed E-state index contributed by atoms with van der Waals surface area (Å²) in [7, 11) is 0. The highest BCUT2D eigenvalue weighted by Gasteiger charge is 2.46. The molecule has 0 aromatic heterocycles. The lowest BCUT2D eigenvalue weighted by atomic mass is 9.90. The number of carbonyl (C=O) groups is 1. The van der Waals surface area contributed by atoms with Crippen LogP contribution >= 0.6 is 0 Å². The maximum Gasteiger partial charge on any atom is 0.394 e. The predicted octanol–water partition coefficient (Wildman–Crippen LogP) is 2.47. The van der Waals surface area contributed by atoms with Crippen LogP contribution in [0.3, 0.4) is 0 Å². The first-order valence-corrected chi connectivity index (χ1v) is 12.4. The SMILES string of the molecule is O=C(NC1=CC[C@@H](O[C@@H]2C=CN[C@H](C3C[C@@H](C(O)O)CN3)C2)CC1)NC1=CC[C@H](F)[C@H](C(F)(F)F)C1. The smallest absolute Gasteiger partial charge is 0.387 e. The van der Waals surface area contributed by atoms with E-state index in [0.717, 1.165) is 6.42 Å². The highest BCUT2D eigenvalue weighted by atomic mass is 19.4. The lowest BCUT2D eigenvalue weighted by Crippen LogP contribution is -2.47. The van der Waals surface area contributed by atoms with Crippen molar-refractivity contribution in [3.05, 3.63) is 35.8 Å². The van der Waals surface area contributed by atoms with Gasteiger partial charge in [0.15, 0.2) is 6.29 Å². The Morgan fingerprint density at radius 2 is 1.86 bits per heavy atom. The van der Waals surface area contributed by atoms with E-state index >= 15 is 0 Å². The van der Waals surface area contributed by atoms with E-state index in [1.54, 1.807) is 0 Å². The molecule has 0 radical (unpaired) electrons. The Morgan fingerprint density at radius 3 is 2.53 bits per heavy atom. The van der Waals surface area contributed by atoms with Crippen molar-refractivity contribution < 1.29 is 37.3 Å². The Labute approximate surface area is 207 Å². The van der Waals surface area contributed by atoms with Gasteiger partial charge in [-0.2, -0.15) is 13.2 Å². The van der Waals surface area contributed by atoms with Crippen LogP contribution in [-0.2, 0) is 4.74 Å². The Bertz CT molecular complexity index is 879. The van der Waals surface area contributed by atoms with E-state index < -0.39 is 37.0 Å². The molecule has 1 fully saturated rings. The second kappa shape index (κ2) is 11.5. The molecule has 2 amide bonds. The van der Waals surface area contributed by atoms with Gasteiger partial charge in [-0.1, -0.05) is 12.2 Å². The number of carbonyl (C=O) groups excluding carboxylic acids is 1. The molecule has 36 heavy (non-hydrogen) atoms. The van der Waals surface area contributed by atoms with Crippen LogP contribution in [0.2, 0.25) is 0 Å². The van der Waals surface area contributed by atoms with E-state index in [9.17, 15) is 32.6 Å². The number of hydrogen-bond acceptors (Lipinski definition) is 6. The van der Waals surface area contributed by atoms with Crippen LogP contribution in [0.1, 0.15) is 44.9 Å². The lowest BCUT2D eigenvalue weighted by Gasteiger charge is -2.33. The van der Waals surface area contributed by atoms with Crippen molar-refractivity contribution in [2.24, 2.45) is 11.8 Å². The standard InChI is InChI=1S/C24H34F4N4O4/c25-19-6-3-15(10-18(19)24(26,27)28)32-23(35)31-14-1-4-16(5-2-14)36-17-7-8-29-21(11-17)20-9-13(12-30-20)22(33)34/h1,3,7-8,13,16-22,29-30,33-34H,2,4-6,9-12H2,(H2,31,32,35)/t13-,16-,17-,18-,19+,20?,21+/m1/s1. The maximum atomic E-state index is 13.6. The van der Waals surface area contributed by atoms with Gasteiger partial charge in [0.2, 0.25) is 0 Å². The van der Waals surface area contributed by atoms with E-state index in [2.05, 4.69) is 21.3 Å². The first kappa shape index (κ1) is 26.9. The van der Waals surface area contributed by atoms with Gasteiger partial charge < -0.3 is 36.2 Å². The Kier molecular flexibility index (Phi) is 8.59. The molecule has 0 saturated carbocycles. The van der Waals surface area contributed by atoms with Gasteiger partial charge >= 0.3 is 12.2 Å². The van der Waals surface area contributed by atoms with Crippen molar-refractivity contribution >= 4 is 6.03 Å². The van der Waals surface area contributed by atoms with Crippen molar-refractivity contribution in [1.82, 2.24) is 21.3 Å². The van der Waals surface area contributed by atoms with Crippen molar-refractivity contribution in [1.29, 1.82) is 0 Å². The molecule has 4 aliphatic rings. The molecule has 0 spiro atoms. The molecular weight excluding hydrogens is 484 g/mol. The molecule has 2 aliphatic carbocycles. The number of hydrogen-bond donors (Lipinski definition) is 6. The fourth-order valence-electron chi connectivity index (χ4n) is 5.30. The maximum absolute atomic E-state index is 13.6. The van der Waals surface area contributed by atoms with Gasteiger partial charge in [-0.05, 0) is 50.8 Å². The second-order valence-electron chi connectivity index (χ2n) is 10.0. The monoisotopic (exact) mass is 518 g/mol. The summed E-state index contributed by atoms with van der Waals surface area (Å²) in [4.78, 5) is 12.3. The number of aliphatic hydroxyl groups excluding tert-OH is 1. The predicted molar refractivity (Wildman–Crippen MR) is 123 cm³/mol. The lowest BCUT2D eigenvalue weighted by molar-refractivity contribution is -0.191. The first-order valence-electron chi connectivity index (χ1n) is 12.4. The quantitative estimate of drug-likeness (QED) is 0.238. The van der Waals surface area contributed by atoms with Crippen LogP contribution in [0.4, 0.5) is 22.4 Å². The van der Waals surface area contributed by atoms with Gasteiger partial charge in [0.05, 0.1) is 18.1 Å². The Balaban J connectivity index is 1.20. The van der Waals surface area contributed by atoms with Crippen LogP contribution < -0.4 is 21.3 Å². The molecule has 0 aromatic rings. The Morgan fingerprint density at radius 1 is 1.11 bits per heavy atom. The number of halogens is 4. The van der Waals surface area contributed by atoms with E-state index in [1.165, 1.54) is 6.08 Å². The average molecular weight is 519 g/mol. The largest absolute Gasteiger partial charge is 0.394 e. The van der Waals surface area contributed by atoms with Crippen LogP contribution in [0.15, 0.2) is 35.8 Å². The minimum absolute atomic E-state index is 0.0364. The molecule has 8 nitrogen and oxygen atoms in total. The van der Waals surface area contributed by atoms with Gasteiger partial charge in [-0.15, -0.1) is 0 Å². The van der Waals surface area contributed by atoms with Crippen LogP contribution in [0.25, 0.3) is 0 Å². The van der Waals surface area contributed by atoms with Gasteiger partial charge in [0.25, 0.3) is 0 Å². The van der Waals surface area contributed by atoms with Crippen LogP contribution in [0, 0.1) is 11.8 Å². The first-order chi connectivity index (χ1) is 17.1. The number of alkyl halides is 4. The topological polar surface area (TPSA) is 115 Å². The fraction of sp³-hybridized carbons (Fsp3) is 0.708. The molecular formula is C24H34F4N4O4. The zero-order valence-corrected chi connectivity index (χ0v) is 19.8. The minimum Gasteiger partial charge on any atom is -0.387 e. The number of ether oxygens (including phenoxy) is 1. The molecule has 7 atom stereocenters. The van der Waals surface area contributed by atoms with Crippen LogP contribution in [-0.4, -0.2) is 65.7 Å². The summed E-state index contributed by atoms with van der Waals surface area (Å²) < 4.78 is 58.8. The number of allylic oxidation sites excluding steroid dienone is 3. The van der Waals surface area contributed by atoms with Crippen LogP contribution in [0.5, 0.6) is 0 Å². The van der Waals surface area contributed by atoms with Gasteiger partial charge in [-0.3, -0.25) is 0 Å². The number of amides is 2. The molecule has 1 unspecified atom stereocenters. The van der Waals surface area contributed by atoms with Crippen molar-refractivity contribution in [3.63, 3.8) is 0 Å². The molecule has 12 heteroatoms. The Hall–Kier alpha value is -2.15. The van der Waals surface area contributed by atoms with Gasteiger partial charge in [0, 0.05) is 42.4 Å². The normalized spacial score (nSPS) is 35.1. The summed E-state index contributed by atoms with van der Waals surface area (Å²) in [5.41, 5.74) is 0.743. The molecule has 4 rings (SSSR count). The van der Waals surface area contributed by atoms with Gasteiger partial charge in [0.1, 0.15) is 6.17 Å². The third-order valence-electron chi connectivity index (χ3n) is 7.38. The fourth-order valence-corrected chi connectivity index (χ4v) is 5.30. The number of urea groups is 1. The number of nitrogens with one attached hydrogen (secondary N) is 4. The molecule has 6 N–H and O–H groups in total. The summed E-state index contributed by atoms with van der Waals surface area (Å²) in [5.74, 6) is -2.30. The van der Waals surface area contributed by atoms with E-state index in [-0.39, 0.29) is 42.3 Å². The minimum atomic E-state index is -4.65. The second-order valence-corrected chi connectivity index (χ2v) is 10.0. The highest BCUT2D eigenvalue weighted by molar-refractivity contribution is 5.77. The average Bonchev–Trinajstić information content (AvgIpc) is 3.32. The van der Waals surface area contributed by atoms with Crippen molar-refractivity contribution in [3.8, 4) is 0 Å². The third kappa shape index (κ3) is 6.99. The highest BCUT2D eigenvalue weighted by Crippen LogP contribution is 2.38. The summed E-state index contributed by atoms with van der Waals surface area (Å²) >= 11 is 0.